The molecule has 0 aliphatic heterocycles. The minimum atomic E-state index is -2.74. The van der Waals surface area contributed by atoms with E-state index in [4.69, 9.17) is 0 Å². The third-order valence-corrected chi connectivity index (χ3v) is 1.93. The van der Waals surface area contributed by atoms with Gasteiger partial charge in [0.2, 0.25) is 0 Å². The standard InChI is InChI=1S/C8H8BrF2NO/c9-4-6-2-1-3-7(12-6)5-13-8(10)11/h1-3,8H,4-5H2. The van der Waals surface area contributed by atoms with Gasteiger partial charge in [0.25, 0.3) is 0 Å². The Hall–Kier alpha value is -0.550. The summed E-state index contributed by atoms with van der Waals surface area (Å²) in [6.07, 6.45) is 0. The summed E-state index contributed by atoms with van der Waals surface area (Å²) in [4.78, 5) is 4.06. The molecule has 0 saturated heterocycles. The molecule has 0 aliphatic carbocycles. The lowest BCUT2D eigenvalue weighted by Crippen LogP contribution is -2.01. The first kappa shape index (κ1) is 10.5. The van der Waals surface area contributed by atoms with Gasteiger partial charge >= 0.3 is 6.61 Å². The second-order valence-corrected chi connectivity index (χ2v) is 2.89. The molecular weight excluding hydrogens is 244 g/mol. The zero-order valence-electron chi connectivity index (χ0n) is 6.71. The molecule has 1 heterocycles. The van der Waals surface area contributed by atoms with Crippen molar-refractivity contribution in [2.24, 2.45) is 0 Å². The van der Waals surface area contributed by atoms with E-state index in [9.17, 15) is 8.78 Å². The van der Waals surface area contributed by atoms with Gasteiger partial charge in [-0.05, 0) is 12.1 Å². The van der Waals surface area contributed by atoms with Crippen LogP contribution in [0.3, 0.4) is 0 Å². The first-order valence-electron chi connectivity index (χ1n) is 3.63. The van der Waals surface area contributed by atoms with E-state index in [0.717, 1.165) is 5.69 Å². The molecule has 72 valence electrons. The maximum absolute atomic E-state index is 11.6. The number of rotatable bonds is 4. The first-order chi connectivity index (χ1) is 6.22. The van der Waals surface area contributed by atoms with Crippen molar-refractivity contribution in [2.75, 3.05) is 0 Å². The van der Waals surface area contributed by atoms with Gasteiger partial charge in [0.05, 0.1) is 18.0 Å². The molecule has 0 bridgehead atoms. The Kier molecular flexibility index (Phi) is 4.24. The molecular formula is C8H8BrF2NO. The Balaban J connectivity index is 2.56. The fourth-order valence-corrected chi connectivity index (χ4v) is 1.14. The molecule has 2 nitrogen and oxygen atoms in total. The van der Waals surface area contributed by atoms with E-state index in [0.29, 0.717) is 11.0 Å². The lowest BCUT2D eigenvalue weighted by molar-refractivity contribution is -0.137. The fraction of sp³-hybridized carbons (Fsp3) is 0.375. The number of aromatic nitrogens is 1. The van der Waals surface area contributed by atoms with Crippen LogP contribution in [0.5, 0.6) is 0 Å². The number of pyridine rings is 1. The number of ether oxygens (including phenoxy) is 1. The van der Waals surface area contributed by atoms with Gasteiger partial charge in [0.15, 0.2) is 0 Å². The van der Waals surface area contributed by atoms with Crippen molar-refractivity contribution >= 4 is 15.9 Å². The summed E-state index contributed by atoms with van der Waals surface area (Å²) in [6, 6.07) is 5.21. The molecule has 1 rings (SSSR count). The van der Waals surface area contributed by atoms with E-state index < -0.39 is 6.61 Å². The highest BCUT2D eigenvalue weighted by Crippen LogP contribution is 2.06. The largest absolute Gasteiger partial charge is 0.345 e. The molecule has 0 fully saturated rings. The molecule has 0 radical (unpaired) electrons. The topological polar surface area (TPSA) is 22.1 Å². The number of halogens is 3. The molecule has 5 heteroatoms. The van der Waals surface area contributed by atoms with E-state index in [-0.39, 0.29) is 6.61 Å². The SMILES string of the molecule is FC(F)OCc1cccc(CBr)n1. The lowest BCUT2D eigenvalue weighted by Gasteiger charge is -2.02. The summed E-state index contributed by atoms with van der Waals surface area (Å²) in [5.74, 6) is 0. The van der Waals surface area contributed by atoms with Gasteiger partial charge in [-0.1, -0.05) is 22.0 Å². The van der Waals surface area contributed by atoms with Gasteiger partial charge < -0.3 is 4.74 Å². The highest BCUT2D eigenvalue weighted by Gasteiger charge is 2.03. The average Bonchev–Trinajstić information content (AvgIpc) is 2.15. The van der Waals surface area contributed by atoms with Gasteiger partial charge in [-0.2, -0.15) is 8.78 Å². The van der Waals surface area contributed by atoms with E-state index >= 15 is 0 Å². The number of nitrogens with zero attached hydrogens (tertiary/aromatic N) is 1. The summed E-state index contributed by atoms with van der Waals surface area (Å²) < 4.78 is 27.4. The minimum absolute atomic E-state index is 0.154. The van der Waals surface area contributed by atoms with Crippen molar-refractivity contribution < 1.29 is 13.5 Å². The summed E-state index contributed by atoms with van der Waals surface area (Å²) >= 11 is 3.22. The molecule has 13 heavy (non-hydrogen) atoms. The smallest absolute Gasteiger partial charge is 0.317 e. The quantitative estimate of drug-likeness (QED) is 0.768. The van der Waals surface area contributed by atoms with E-state index in [1.807, 2.05) is 0 Å². The van der Waals surface area contributed by atoms with Gasteiger partial charge in [-0.15, -0.1) is 0 Å². The van der Waals surface area contributed by atoms with Crippen molar-refractivity contribution in [3.8, 4) is 0 Å². The Morgan fingerprint density at radius 2 is 2.08 bits per heavy atom. The van der Waals surface area contributed by atoms with Crippen LogP contribution in [-0.4, -0.2) is 11.6 Å². The summed E-state index contributed by atoms with van der Waals surface area (Å²) in [5.41, 5.74) is 1.31. The minimum Gasteiger partial charge on any atom is -0.317 e. The number of hydrogen-bond donors (Lipinski definition) is 0. The van der Waals surface area contributed by atoms with Crippen LogP contribution in [0, 0.1) is 0 Å². The van der Waals surface area contributed by atoms with Crippen LogP contribution in [0.25, 0.3) is 0 Å². The molecule has 0 aliphatic rings. The normalized spacial score (nSPS) is 10.8. The molecule has 0 atom stereocenters. The van der Waals surface area contributed by atoms with Crippen molar-refractivity contribution in [1.29, 1.82) is 0 Å². The monoisotopic (exact) mass is 251 g/mol. The van der Waals surface area contributed by atoms with Crippen LogP contribution in [0.2, 0.25) is 0 Å². The highest BCUT2D eigenvalue weighted by atomic mass is 79.9. The molecule has 0 aromatic carbocycles. The molecule has 0 spiro atoms. The molecule has 0 amide bonds. The Bertz CT molecular complexity index is 270. The van der Waals surface area contributed by atoms with E-state index in [2.05, 4.69) is 25.7 Å². The summed E-state index contributed by atoms with van der Waals surface area (Å²) in [6.45, 7) is -2.90. The Morgan fingerprint density at radius 1 is 1.38 bits per heavy atom. The van der Waals surface area contributed by atoms with Gasteiger partial charge in [0, 0.05) is 5.33 Å². The predicted octanol–water partition coefficient (Wildman–Crippen LogP) is 2.72. The van der Waals surface area contributed by atoms with Gasteiger partial charge in [-0.25, -0.2) is 0 Å². The summed E-state index contributed by atoms with van der Waals surface area (Å²) in [7, 11) is 0. The lowest BCUT2D eigenvalue weighted by atomic mass is 10.3. The van der Waals surface area contributed by atoms with Crippen molar-refractivity contribution in [2.45, 2.75) is 18.5 Å². The van der Waals surface area contributed by atoms with Crippen LogP contribution in [0.1, 0.15) is 11.4 Å². The molecule has 0 saturated carbocycles. The van der Waals surface area contributed by atoms with Crippen LogP contribution in [0.4, 0.5) is 8.78 Å². The fourth-order valence-electron chi connectivity index (χ4n) is 0.832. The van der Waals surface area contributed by atoms with Crippen LogP contribution >= 0.6 is 15.9 Å². The third-order valence-electron chi connectivity index (χ3n) is 1.36. The average molecular weight is 252 g/mol. The number of alkyl halides is 3. The second kappa shape index (κ2) is 5.24. The molecule has 1 aromatic heterocycles. The van der Waals surface area contributed by atoms with E-state index in [1.54, 1.807) is 18.2 Å². The molecule has 0 unspecified atom stereocenters. The van der Waals surface area contributed by atoms with Crippen LogP contribution < -0.4 is 0 Å². The first-order valence-corrected chi connectivity index (χ1v) is 4.75. The van der Waals surface area contributed by atoms with Crippen molar-refractivity contribution in [3.63, 3.8) is 0 Å². The zero-order valence-corrected chi connectivity index (χ0v) is 8.30. The second-order valence-electron chi connectivity index (χ2n) is 2.33. The number of hydrogen-bond acceptors (Lipinski definition) is 2. The maximum atomic E-state index is 11.6. The van der Waals surface area contributed by atoms with E-state index in [1.165, 1.54) is 0 Å². The van der Waals surface area contributed by atoms with Crippen molar-refractivity contribution in [3.05, 3.63) is 29.6 Å². The highest BCUT2D eigenvalue weighted by molar-refractivity contribution is 9.08. The van der Waals surface area contributed by atoms with Crippen LogP contribution in [0.15, 0.2) is 18.2 Å². The van der Waals surface area contributed by atoms with Gasteiger partial charge in [-0.3, -0.25) is 4.98 Å². The Labute approximate surface area is 83.1 Å². The third kappa shape index (κ3) is 3.78. The Morgan fingerprint density at radius 3 is 2.69 bits per heavy atom. The maximum Gasteiger partial charge on any atom is 0.345 e. The molecule has 0 N–H and O–H groups in total. The zero-order chi connectivity index (χ0) is 9.68. The van der Waals surface area contributed by atoms with Crippen LogP contribution in [-0.2, 0) is 16.7 Å². The molecule has 1 aromatic rings. The predicted molar refractivity (Wildman–Crippen MR) is 47.7 cm³/mol. The van der Waals surface area contributed by atoms with Gasteiger partial charge in [0.1, 0.15) is 0 Å². The summed E-state index contributed by atoms with van der Waals surface area (Å²) in [5, 5.41) is 0.607. The van der Waals surface area contributed by atoms with Crippen molar-refractivity contribution in [1.82, 2.24) is 4.98 Å².